The molecule has 0 aromatic carbocycles. The van der Waals surface area contributed by atoms with Crippen molar-refractivity contribution in [1.82, 2.24) is 14.9 Å². The van der Waals surface area contributed by atoms with Gasteiger partial charge in [0.1, 0.15) is 15.5 Å². The Labute approximate surface area is 161 Å². The minimum Gasteiger partial charge on any atom is -0.465 e. The van der Waals surface area contributed by atoms with Crippen molar-refractivity contribution in [1.29, 1.82) is 0 Å². The Balaban J connectivity index is 1.63. The lowest BCUT2D eigenvalue weighted by Gasteiger charge is -2.56. The summed E-state index contributed by atoms with van der Waals surface area (Å²) in [6.45, 7) is 8.63. The number of nitrogens with zero attached hydrogens (tertiary/aromatic N) is 2. The third-order valence-corrected chi connectivity index (χ3v) is 6.86. The van der Waals surface area contributed by atoms with Crippen LogP contribution in [0.25, 0.3) is 10.2 Å². The normalized spacial score (nSPS) is 24.9. The van der Waals surface area contributed by atoms with Gasteiger partial charge in [-0.25, -0.2) is 9.78 Å². The van der Waals surface area contributed by atoms with E-state index in [1.54, 1.807) is 6.92 Å². The molecule has 2 aliphatic heterocycles. The fourth-order valence-electron chi connectivity index (χ4n) is 4.58. The second-order valence-electron chi connectivity index (χ2n) is 8.13. The maximum absolute atomic E-state index is 12.6. The number of aryl methyl sites for hydroxylation is 1. The van der Waals surface area contributed by atoms with Crippen molar-refractivity contribution in [3.05, 3.63) is 26.6 Å². The van der Waals surface area contributed by atoms with E-state index in [4.69, 9.17) is 9.47 Å². The zero-order valence-corrected chi connectivity index (χ0v) is 16.9. The van der Waals surface area contributed by atoms with E-state index in [0.29, 0.717) is 39.1 Å². The van der Waals surface area contributed by atoms with Gasteiger partial charge in [-0.2, -0.15) is 0 Å². The number of carbonyl (C=O) groups is 1. The smallest absolute Gasteiger partial charge is 0.348 e. The number of methoxy groups -OCH3 is 1. The number of nitrogens with one attached hydrogen (secondary N) is 1. The predicted octanol–water partition coefficient (Wildman–Crippen LogP) is 2.47. The average molecular weight is 391 g/mol. The van der Waals surface area contributed by atoms with Crippen LogP contribution in [0.5, 0.6) is 0 Å². The molecule has 4 rings (SSSR count). The Morgan fingerprint density at radius 3 is 2.89 bits per heavy atom. The standard InChI is InChI=1S/C19H25N3O4S/c1-10-13-16(23)20-12(21-17(13)27-14(10)18(24)25-4)8-22-9-19(2,3)15(22)11-6-5-7-26-11/h11,15H,5-9H2,1-4H3,(H,20,21,23). The van der Waals surface area contributed by atoms with Gasteiger partial charge < -0.3 is 14.5 Å². The van der Waals surface area contributed by atoms with E-state index in [2.05, 4.69) is 28.7 Å². The van der Waals surface area contributed by atoms with Crippen LogP contribution in [0, 0.1) is 12.3 Å². The first-order chi connectivity index (χ1) is 12.8. The Kier molecular flexibility index (Phi) is 4.60. The van der Waals surface area contributed by atoms with Gasteiger partial charge in [0.25, 0.3) is 5.56 Å². The summed E-state index contributed by atoms with van der Waals surface area (Å²) in [7, 11) is 1.34. The van der Waals surface area contributed by atoms with Crippen molar-refractivity contribution in [2.45, 2.75) is 52.3 Å². The SMILES string of the molecule is COC(=O)c1sc2nc(CN3CC(C)(C)C3C3CCCO3)[nH]c(=O)c2c1C. The molecule has 146 valence electrons. The van der Waals surface area contributed by atoms with Crippen LogP contribution >= 0.6 is 11.3 Å². The van der Waals surface area contributed by atoms with Crippen molar-refractivity contribution >= 4 is 27.5 Å². The topological polar surface area (TPSA) is 84.5 Å². The molecule has 2 aromatic rings. The summed E-state index contributed by atoms with van der Waals surface area (Å²) in [4.78, 5) is 35.4. The second kappa shape index (κ2) is 6.68. The number of hydrogen-bond donors (Lipinski definition) is 1. The number of aromatic nitrogens is 2. The molecule has 0 bridgehead atoms. The molecule has 4 heterocycles. The molecule has 2 unspecified atom stereocenters. The zero-order chi connectivity index (χ0) is 19.3. The molecule has 0 spiro atoms. The van der Waals surface area contributed by atoms with Crippen molar-refractivity contribution in [3.63, 3.8) is 0 Å². The summed E-state index contributed by atoms with van der Waals surface area (Å²) in [6.07, 6.45) is 2.44. The molecule has 0 amide bonds. The number of likely N-dealkylation sites (tertiary alicyclic amines) is 1. The van der Waals surface area contributed by atoms with Gasteiger partial charge in [0.05, 0.1) is 25.1 Å². The highest BCUT2D eigenvalue weighted by molar-refractivity contribution is 7.20. The third-order valence-electron chi connectivity index (χ3n) is 5.69. The van der Waals surface area contributed by atoms with E-state index in [9.17, 15) is 9.59 Å². The van der Waals surface area contributed by atoms with E-state index in [1.807, 2.05) is 0 Å². The van der Waals surface area contributed by atoms with E-state index < -0.39 is 5.97 Å². The number of thiophene rings is 1. The maximum Gasteiger partial charge on any atom is 0.348 e. The number of hydrogen-bond acceptors (Lipinski definition) is 7. The molecule has 2 aromatic heterocycles. The molecule has 0 aliphatic carbocycles. The fraction of sp³-hybridized carbons (Fsp3) is 0.632. The van der Waals surface area contributed by atoms with Gasteiger partial charge >= 0.3 is 5.97 Å². The number of carbonyl (C=O) groups excluding carboxylic acids is 1. The minimum atomic E-state index is -0.431. The van der Waals surface area contributed by atoms with Crippen LogP contribution in [-0.2, 0) is 16.0 Å². The number of rotatable bonds is 4. The highest BCUT2D eigenvalue weighted by atomic mass is 32.1. The van der Waals surface area contributed by atoms with Gasteiger partial charge in [0.2, 0.25) is 0 Å². The maximum atomic E-state index is 12.6. The Bertz CT molecular complexity index is 942. The molecule has 2 saturated heterocycles. The third kappa shape index (κ3) is 3.09. The largest absolute Gasteiger partial charge is 0.465 e. The quantitative estimate of drug-likeness (QED) is 0.806. The van der Waals surface area contributed by atoms with Gasteiger partial charge in [-0.05, 0) is 30.7 Å². The summed E-state index contributed by atoms with van der Waals surface area (Å²) in [5, 5.41) is 0.476. The first-order valence-electron chi connectivity index (χ1n) is 9.28. The number of H-pyrrole nitrogens is 1. The summed E-state index contributed by atoms with van der Waals surface area (Å²) in [6, 6.07) is 0.330. The lowest BCUT2D eigenvalue weighted by atomic mass is 9.71. The summed E-state index contributed by atoms with van der Waals surface area (Å²) in [5.41, 5.74) is 0.619. The summed E-state index contributed by atoms with van der Waals surface area (Å²) in [5.74, 6) is 0.197. The molecule has 0 radical (unpaired) electrons. The van der Waals surface area contributed by atoms with Crippen molar-refractivity contribution in [3.8, 4) is 0 Å². The molecule has 8 heteroatoms. The first kappa shape index (κ1) is 18.6. The first-order valence-corrected chi connectivity index (χ1v) is 10.1. The van der Waals surface area contributed by atoms with Crippen LogP contribution < -0.4 is 5.56 Å². The molecular formula is C19H25N3O4S. The molecule has 2 aliphatic rings. The van der Waals surface area contributed by atoms with Crippen LogP contribution in [0.3, 0.4) is 0 Å². The number of aromatic amines is 1. The molecule has 27 heavy (non-hydrogen) atoms. The molecule has 0 saturated carbocycles. The fourth-order valence-corrected chi connectivity index (χ4v) is 5.70. The van der Waals surface area contributed by atoms with Crippen LogP contribution in [0.1, 0.15) is 47.7 Å². The monoisotopic (exact) mass is 391 g/mol. The highest BCUT2D eigenvalue weighted by Gasteiger charge is 2.50. The average Bonchev–Trinajstić information content (AvgIpc) is 3.21. The minimum absolute atomic E-state index is 0.191. The van der Waals surface area contributed by atoms with Gasteiger partial charge in [-0.15, -0.1) is 11.3 Å². The zero-order valence-electron chi connectivity index (χ0n) is 16.1. The number of fused-ring (bicyclic) bond motifs is 1. The lowest BCUT2D eigenvalue weighted by molar-refractivity contribution is -0.123. The highest BCUT2D eigenvalue weighted by Crippen LogP contribution is 2.43. The van der Waals surface area contributed by atoms with Crippen LogP contribution in [0.15, 0.2) is 4.79 Å². The Hall–Kier alpha value is -1.77. The summed E-state index contributed by atoms with van der Waals surface area (Å²) < 4.78 is 10.7. The number of esters is 1. The van der Waals surface area contributed by atoms with Crippen molar-refractivity contribution in [2.24, 2.45) is 5.41 Å². The van der Waals surface area contributed by atoms with E-state index in [-0.39, 0.29) is 17.1 Å². The Morgan fingerprint density at radius 2 is 2.26 bits per heavy atom. The van der Waals surface area contributed by atoms with E-state index in [1.165, 1.54) is 18.4 Å². The van der Waals surface area contributed by atoms with Gasteiger partial charge in [-0.1, -0.05) is 13.8 Å². The van der Waals surface area contributed by atoms with Crippen molar-refractivity contribution < 1.29 is 14.3 Å². The van der Waals surface area contributed by atoms with E-state index >= 15 is 0 Å². The predicted molar refractivity (Wildman–Crippen MR) is 103 cm³/mol. The molecule has 2 atom stereocenters. The lowest BCUT2D eigenvalue weighted by Crippen LogP contribution is -2.66. The molecular weight excluding hydrogens is 366 g/mol. The molecule has 7 nitrogen and oxygen atoms in total. The number of ether oxygens (including phenoxy) is 2. The van der Waals surface area contributed by atoms with Crippen LogP contribution in [0.4, 0.5) is 0 Å². The van der Waals surface area contributed by atoms with Gasteiger partial charge in [0, 0.05) is 19.2 Å². The molecule has 1 N–H and O–H groups in total. The van der Waals surface area contributed by atoms with E-state index in [0.717, 1.165) is 26.0 Å². The van der Waals surface area contributed by atoms with Crippen LogP contribution in [-0.4, -0.2) is 53.2 Å². The van der Waals surface area contributed by atoms with Crippen molar-refractivity contribution in [2.75, 3.05) is 20.3 Å². The second-order valence-corrected chi connectivity index (χ2v) is 9.13. The van der Waals surface area contributed by atoms with Gasteiger partial charge in [0.15, 0.2) is 0 Å². The summed E-state index contributed by atoms with van der Waals surface area (Å²) >= 11 is 1.21. The molecule has 2 fully saturated rings. The van der Waals surface area contributed by atoms with Gasteiger partial charge in [-0.3, -0.25) is 9.69 Å². The Morgan fingerprint density at radius 1 is 1.48 bits per heavy atom. The van der Waals surface area contributed by atoms with Crippen LogP contribution in [0.2, 0.25) is 0 Å².